The van der Waals surface area contributed by atoms with Crippen LogP contribution in [0.3, 0.4) is 0 Å². The Morgan fingerprint density at radius 2 is 1.79 bits per heavy atom. The molecule has 2 aliphatic rings. The van der Waals surface area contributed by atoms with Crippen LogP contribution in [0.15, 0.2) is 34.4 Å². The lowest BCUT2D eigenvalue weighted by Crippen LogP contribution is -2.39. The third-order valence-electron chi connectivity index (χ3n) is 8.67. The van der Waals surface area contributed by atoms with Crippen molar-refractivity contribution in [2.24, 2.45) is 17.3 Å². The average molecular weight is 475 g/mol. The molecule has 0 radical (unpaired) electrons. The van der Waals surface area contributed by atoms with Gasteiger partial charge in [0.2, 0.25) is 0 Å². The maximum atomic E-state index is 11.5. The smallest absolute Gasteiger partial charge is 0.145 e. The average Bonchev–Trinajstić information content (AvgIpc) is 3.42. The highest BCUT2D eigenvalue weighted by Crippen LogP contribution is 2.53. The molecule has 1 heterocycles. The van der Waals surface area contributed by atoms with E-state index in [-0.39, 0.29) is 23.7 Å². The third-order valence-corrected chi connectivity index (χ3v) is 8.67. The third kappa shape index (κ3) is 7.63. The first-order valence-electron chi connectivity index (χ1n) is 13.4. The van der Waals surface area contributed by atoms with Crippen LogP contribution in [0.4, 0.5) is 0 Å². The van der Waals surface area contributed by atoms with Gasteiger partial charge in [0.1, 0.15) is 12.4 Å². The Labute approximate surface area is 208 Å². The molecule has 1 aliphatic heterocycles. The number of epoxide rings is 1. The molecule has 0 amide bonds. The van der Waals surface area contributed by atoms with E-state index < -0.39 is 6.10 Å². The highest BCUT2D eigenvalue weighted by Gasteiger charge is 2.51. The van der Waals surface area contributed by atoms with Gasteiger partial charge in [-0.3, -0.25) is 4.79 Å². The maximum absolute atomic E-state index is 11.5. The molecule has 0 aromatic carbocycles. The van der Waals surface area contributed by atoms with Gasteiger partial charge < -0.3 is 14.9 Å². The minimum absolute atomic E-state index is 0.0343. The first kappa shape index (κ1) is 29.0. The van der Waals surface area contributed by atoms with Gasteiger partial charge in [0.25, 0.3) is 0 Å². The summed E-state index contributed by atoms with van der Waals surface area (Å²) in [5.41, 5.74) is 4.84. The Hall–Kier alpha value is -1.23. The Morgan fingerprint density at radius 3 is 2.38 bits per heavy atom. The van der Waals surface area contributed by atoms with Gasteiger partial charge in [0, 0.05) is 6.61 Å². The lowest BCUT2D eigenvalue weighted by Gasteiger charge is -2.48. The van der Waals surface area contributed by atoms with Crippen molar-refractivity contribution in [2.45, 2.75) is 124 Å². The van der Waals surface area contributed by atoms with Crippen molar-refractivity contribution < 1.29 is 19.7 Å². The van der Waals surface area contributed by atoms with E-state index in [1.165, 1.54) is 16.7 Å². The van der Waals surface area contributed by atoms with Crippen LogP contribution in [0.25, 0.3) is 0 Å². The predicted octanol–water partition coefficient (Wildman–Crippen LogP) is 6.71. The van der Waals surface area contributed by atoms with Crippen molar-refractivity contribution in [1.82, 2.24) is 0 Å². The summed E-state index contributed by atoms with van der Waals surface area (Å²) in [6.45, 7) is 15.3. The first-order valence-corrected chi connectivity index (χ1v) is 13.4. The summed E-state index contributed by atoms with van der Waals surface area (Å²) < 4.78 is 5.56. The molecule has 0 aromatic rings. The molecule has 0 unspecified atom stereocenters. The van der Waals surface area contributed by atoms with Crippen LogP contribution in [0.2, 0.25) is 0 Å². The number of aliphatic hydroxyl groups excluding tert-OH is 2. The second-order valence-electron chi connectivity index (χ2n) is 11.8. The van der Waals surface area contributed by atoms with E-state index in [9.17, 15) is 15.0 Å². The summed E-state index contributed by atoms with van der Waals surface area (Å²) in [7, 11) is 0. The summed E-state index contributed by atoms with van der Waals surface area (Å²) in [6, 6.07) is 0. The summed E-state index contributed by atoms with van der Waals surface area (Å²) in [6.07, 6.45) is 14.0. The fourth-order valence-electron chi connectivity index (χ4n) is 6.02. The van der Waals surface area contributed by atoms with Gasteiger partial charge in [0.15, 0.2) is 0 Å². The molecule has 1 saturated carbocycles. The lowest BCUT2D eigenvalue weighted by atomic mass is 9.56. The molecule has 5 atom stereocenters. The molecule has 0 aromatic heterocycles. The fourth-order valence-corrected chi connectivity index (χ4v) is 6.02. The normalized spacial score (nSPS) is 31.9. The van der Waals surface area contributed by atoms with E-state index in [4.69, 9.17) is 4.74 Å². The second kappa shape index (κ2) is 12.6. The lowest BCUT2D eigenvalue weighted by molar-refractivity contribution is -0.105. The molecule has 2 fully saturated rings. The molecule has 2 rings (SSSR count). The molecule has 1 saturated heterocycles. The molecular formula is C30H50O4. The number of carbonyl (C=O) groups excluding carboxylic acids is 1. The van der Waals surface area contributed by atoms with E-state index in [0.717, 1.165) is 63.2 Å². The van der Waals surface area contributed by atoms with Crippen LogP contribution >= 0.6 is 0 Å². The van der Waals surface area contributed by atoms with Crippen LogP contribution < -0.4 is 0 Å². The van der Waals surface area contributed by atoms with Crippen molar-refractivity contribution in [2.75, 3.05) is 6.61 Å². The minimum atomic E-state index is -0.415. The number of allylic oxidation sites excluding steroid dienone is 5. The molecule has 2 N–H and O–H groups in total. The number of aliphatic hydroxyl groups is 2. The molecule has 4 nitrogen and oxygen atoms in total. The molecule has 1 aliphatic carbocycles. The highest BCUT2D eigenvalue weighted by molar-refractivity contribution is 5.73. The molecule has 0 bridgehead atoms. The number of aldehydes is 1. The first-order chi connectivity index (χ1) is 16.0. The second-order valence-corrected chi connectivity index (χ2v) is 11.8. The van der Waals surface area contributed by atoms with Crippen LogP contribution in [-0.2, 0) is 9.53 Å². The zero-order valence-corrected chi connectivity index (χ0v) is 22.8. The zero-order valence-electron chi connectivity index (χ0n) is 22.8. The topological polar surface area (TPSA) is 70.1 Å². The number of carbonyl (C=O) groups is 1. The summed E-state index contributed by atoms with van der Waals surface area (Å²) in [4.78, 5) is 11.5. The number of hydrogen-bond acceptors (Lipinski definition) is 4. The van der Waals surface area contributed by atoms with Gasteiger partial charge in [-0.15, -0.1) is 0 Å². The molecule has 4 heteroatoms. The SMILES string of the molecule is C/C(C=O)=C1\CC[C@@H](C)[C@@](C)(CC/C=C(\C)CC/C=C(\C)C[C@H](O)[C@H]2OC2(C)C)[C@@H]1CCCO. The molecule has 194 valence electrons. The van der Waals surface area contributed by atoms with Crippen LogP contribution in [0.1, 0.15) is 106 Å². The van der Waals surface area contributed by atoms with E-state index >= 15 is 0 Å². The van der Waals surface area contributed by atoms with Crippen molar-refractivity contribution in [3.63, 3.8) is 0 Å². The summed E-state index contributed by atoms with van der Waals surface area (Å²) >= 11 is 0. The van der Waals surface area contributed by atoms with Gasteiger partial charge >= 0.3 is 0 Å². The molecular weight excluding hydrogens is 424 g/mol. The fraction of sp³-hybridized carbons (Fsp3) is 0.767. The van der Waals surface area contributed by atoms with Crippen molar-refractivity contribution >= 4 is 6.29 Å². The van der Waals surface area contributed by atoms with E-state index in [1.54, 1.807) is 0 Å². The summed E-state index contributed by atoms with van der Waals surface area (Å²) in [5, 5.41) is 19.8. The van der Waals surface area contributed by atoms with Gasteiger partial charge in [-0.1, -0.05) is 42.7 Å². The number of hydrogen-bond donors (Lipinski definition) is 2. The van der Waals surface area contributed by atoms with Gasteiger partial charge in [0.05, 0.1) is 11.7 Å². The van der Waals surface area contributed by atoms with Gasteiger partial charge in [-0.05, 0) is 115 Å². The Bertz CT molecular complexity index is 775. The van der Waals surface area contributed by atoms with E-state index in [0.29, 0.717) is 18.3 Å². The van der Waals surface area contributed by atoms with Gasteiger partial charge in [-0.25, -0.2) is 0 Å². The van der Waals surface area contributed by atoms with E-state index in [2.05, 4.69) is 39.8 Å². The maximum Gasteiger partial charge on any atom is 0.145 e. The monoisotopic (exact) mass is 474 g/mol. The molecule has 34 heavy (non-hydrogen) atoms. The van der Waals surface area contributed by atoms with Crippen LogP contribution in [-0.4, -0.2) is 40.9 Å². The van der Waals surface area contributed by atoms with Gasteiger partial charge in [-0.2, -0.15) is 0 Å². The highest BCUT2D eigenvalue weighted by atomic mass is 16.6. The van der Waals surface area contributed by atoms with Crippen molar-refractivity contribution in [1.29, 1.82) is 0 Å². The Kier molecular flexibility index (Phi) is 10.8. The van der Waals surface area contributed by atoms with Crippen molar-refractivity contribution in [3.05, 3.63) is 34.4 Å². The minimum Gasteiger partial charge on any atom is -0.396 e. The van der Waals surface area contributed by atoms with Crippen LogP contribution in [0.5, 0.6) is 0 Å². The van der Waals surface area contributed by atoms with Crippen LogP contribution in [0, 0.1) is 17.3 Å². The van der Waals surface area contributed by atoms with Crippen molar-refractivity contribution in [3.8, 4) is 0 Å². The number of rotatable bonds is 13. The number of ether oxygens (including phenoxy) is 1. The van der Waals surface area contributed by atoms with E-state index in [1.807, 2.05) is 20.8 Å². The summed E-state index contributed by atoms with van der Waals surface area (Å²) in [5.74, 6) is 0.977. The zero-order chi connectivity index (χ0) is 25.5. The largest absolute Gasteiger partial charge is 0.396 e. The quantitative estimate of drug-likeness (QED) is 0.135. The Morgan fingerprint density at radius 1 is 1.15 bits per heavy atom. The Balaban J connectivity index is 1.92. The predicted molar refractivity (Wildman–Crippen MR) is 141 cm³/mol. The molecule has 0 spiro atoms. The standard InChI is InChI=1S/C30H50O4/c1-21(11-8-12-22(2)19-27(33)28-29(5,6)34-28)13-9-17-30(7)24(4)15-16-25(23(3)20-32)26(30)14-10-18-31/h12-13,20,24,26-28,31,33H,8-11,14-19H2,1-7H3/b21-13+,22-12+,25-23-/t24-,26-,27+,28-,30-/m1/s1.